The third kappa shape index (κ3) is 2.46. The third-order valence-corrected chi connectivity index (χ3v) is 3.86. The number of fused-ring (bicyclic) bond motifs is 1. The van der Waals surface area contributed by atoms with E-state index in [9.17, 15) is 0 Å². The highest BCUT2D eigenvalue weighted by atomic mass is 35.5. The summed E-state index contributed by atoms with van der Waals surface area (Å²) in [6.07, 6.45) is 1.04. The molecule has 0 bridgehead atoms. The topological polar surface area (TPSA) is 21.3 Å². The fourth-order valence-corrected chi connectivity index (χ4v) is 2.75. The van der Waals surface area contributed by atoms with Crippen molar-refractivity contribution in [2.45, 2.75) is 12.5 Å². The summed E-state index contributed by atoms with van der Waals surface area (Å²) < 4.78 is 5.30. The van der Waals surface area contributed by atoms with E-state index in [0.717, 1.165) is 23.7 Å². The highest BCUT2D eigenvalue weighted by Gasteiger charge is 2.21. The molecule has 1 atom stereocenters. The molecule has 1 unspecified atom stereocenters. The van der Waals surface area contributed by atoms with Crippen molar-refractivity contribution >= 4 is 11.6 Å². The van der Waals surface area contributed by atoms with Crippen molar-refractivity contribution in [1.29, 1.82) is 0 Å². The first-order valence-electron chi connectivity index (χ1n) is 6.43. The number of methoxy groups -OCH3 is 1. The van der Waals surface area contributed by atoms with Crippen LogP contribution >= 0.6 is 11.6 Å². The second kappa shape index (κ2) is 5.24. The standard InChI is InChI=1S/C16H16ClNO/c1-19-14-6-7-15-12(10-14)8-9-18-16(15)11-2-4-13(17)5-3-11/h2-7,10,16,18H,8-9H2,1H3. The van der Waals surface area contributed by atoms with Gasteiger partial charge < -0.3 is 10.1 Å². The lowest BCUT2D eigenvalue weighted by atomic mass is 9.90. The highest BCUT2D eigenvalue weighted by Crippen LogP contribution is 2.31. The number of rotatable bonds is 2. The summed E-state index contributed by atoms with van der Waals surface area (Å²) in [6.45, 7) is 0.980. The van der Waals surface area contributed by atoms with Gasteiger partial charge in [-0.25, -0.2) is 0 Å². The normalized spacial score (nSPS) is 17.9. The van der Waals surface area contributed by atoms with Crippen molar-refractivity contribution in [1.82, 2.24) is 5.32 Å². The maximum atomic E-state index is 5.95. The van der Waals surface area contributed by atoms with Crippen LogP contribution < -0.4 is 10.1 Å². The van der Waals surface area contributed by atoms with Gasteiger partial charge in [-0.05, 0) is 47.4 Å². The molecular formula is C16H16ClNO. The second-order valence-electron chi connectivity index (χ2n) is 4.75. The van der Waals surface area contributed by atoms with E-state index in [2.05, 4.69) is 29.6 Å². The van der Waals surface area contributed by atoms with Crippen molar-refractivity contribution in [3.05, 3.63) is 64.2 Å². The van der Waals surface area contributed by atoms with Crippen LogP contribution in [0.25, 0.3) is 0 Å². The Bertz CT molecular complexity index is 580. The van der Waals surface area contributed by atoms with Gasteiger partial charge in [-0.1, -0.05) is 29.8 Å². The van der Waals surface area contributed by atoms with Gasteiger partial charge in [-0.2, -0.15) is 0 Å². The van der Waals surface area contributed by atoms with E-state index >= 15 is 0 Å². The molecule has 0 saturated carbocycles. The first kappa shape index (κ1) is 12.5. The number of hydrogen-bond donors (Lipinski definition) is 1. The second-order valence-corrected chi connectivity index (χ2v) is 5.19. The van der Waals surface area contributed by atoms with Crippen LogP contribution in [0.4, 0.5) is 0 Å². The van der Waals surface area contributed by atoms with Gasteiger partial charge in [-0.3, -0.25) is 0 Å². The van der Waals surface area contributed by atoms with E-state index in [-0.39, 0.29) is 6.04 Å². The largest absolute Gasteiger partial charge is 0.497 e. The smallest absolute Gasteiger partial charge is 0.119 e. The molecule has 2 aromatic rings. The summed E-state index contributed by atoms with van der Waals surface area (Å²) in [7, 11) is 1.71. The Labute approximate surface area is 118 Å². The summed E-state index contributed by atoms with van der Waals surface area (Å²) in [5.74, 6) is 0.926. The molecule has 0 saturated heterocycles. The number of ether oxygens (including phenoxy) is 1. The summed E-state index contributed by atoms with van der Waals surface area (Å²) in [4.78, 5) is 0. The summed E-state index contributed by atoms with van der Waals surface area (Å²) >= 11 is 5.95. The Morgan fingerprint density at radius 2 is 1.95 bits per heavy atom. The number of nitrogens with one attached hydrogen (secondary N) is 1. The molecule has 98 valence electrons. The minimum absolute atomic E-state index is 0.243. The van der Waals surface area contributed by atoms with Crippen LogP contribution in [-0.4, -0.2) is 13.7 Å². The van der Waals surface area contributed by atoms with E-state index < -0.39 is 0 Å². The first-order chi connectivity index (χ1) is 9.28. The fraction of sp³-hybridized carbons (Fsp3) is 0.250. The molecule has 3 heteroatoms. The molecule has 1 N–H and O–H groups in total. The average molecular weight is 274 g/mol. The molecule has 0 radical (unpaired) electrons. The maximum Gasteiger partial charge on any atom is 0.119 e. The molecule has 1 aliphatic rings. The highest BCUT2D eigenvalue weighted by molar-refractivity contribution is 6.30. The molecule has 0 fully saturated rings. The van der Waals surface area contributed by atoms with Crippen LogP contribution in [0, 0.1) is 0 Å². The lowest BCUT2D eigenvalue weighted by molar-refractivity contribution is 0.413. The van der Waals surface area contributed by atoms with Gasteiger partial charge in [0.05, 0.1) is 13.2 Å². The van der Waals surface area contributed by atoms with Crippen LogP contribution in [-0.2, 0) is 6.42 Å². The minimum Gasteiger partial charge on any atom is -0.497 e. The minimum atomic E-state index is 0.243. The van der Waals surface area contributed by atoms with Crippen LogP contribution in [0.15, 0.2) is 42.5 Å². The number of benzene rings is 2. The van der Waals surface area contributed by atoms with Gasteiger partial charge in [0, 0.05) is 11.6 Å². The third-order valence-electron chi connectivity index (χ3n) is 3.61. The van der Waals surface area contributed by atoms with Crippen LogP contribution in [0.1, 0.15) is 22.7 Å². The first-order valence-corrected chi connectivity index (χ1v) is 6.81. The predicted molar refractivity (Wildman–Crippen MR) is 78.0 cm³/mol. The van der Waals surface area contributed by atoms with E-state index in [1.54, 1.807) is 7.11 Å². The maximum absolute atomic E-state index is 5.95. The van der Waals surface area contributed by atoms with Gasteiger partial charge in [0.2, 0.25) is 0 Å². The predicted octanol–water partition coefficient (Wildman–Crippen LogP) is 3.58. The SMILES string of the molecule is COc1ccc2c(c1)CCNC2c1ccc(Cl)cc1. The molecular weight excluding hydrogens is 258 g/mol. The molecule has 2 nitrogen and oxygen atoms in total. The van der Waals surface area contributed by atoms with Gasteiger partial charge in [0.25, 0.3) is 0 Å². The zero-order valence-corrected chi connectivity index (χ0v) is 11.6. The molecule has 1 heterocycles. The molecule has 0 aromatic heterocycles. The van der Waals surface area contributed by atoms with Crippen molar-refractivity contribution in [2.75, 3.05) is 13.7 Å². The zero-order chi connectivity index (χ0) is 13.2. The fourth-order valence-electron chi connectivity index (χ4n) is 2.62. The van der Waals surface area contributed by atoms with Crippen molar-refractivity contribution in [3.63, 3.8) is 0 Å². The quantitative estimate of drug-likeness (QED) is 0.903. The van der Waals surface area contributed by atoms with E-state index in [1.807, 2.05) is 18.2 Å². The molecule has 0 spiro atoms. The summed E-state index contributed by atoms with van der Waals surface area (Å²) in [6, 6.07) is 14.6. The molecule has 19 heavy (non-hydrogen) atoms. The Morgan fingerprint density at radius 3 is 2.68 bits per heavy atom. The van der Waals surface area contributed by atoms with Gasteiger partial charge in [0.15, 0.2) is 0 Å². The van der Waals surface area contributed by atoms with Crippen molar-refractivity contribution < 1.29 is 4.74 Å². The van der Waals surface area contributed by atoms with Crippen LogP contribution in [0.3, 0.4) is 0 Å². The molecule has 1 aliphatic heterocycles. The van der Waals surface area contributed by atoms with Crippen molar-refractivity contribution in [3.8, 4) is 5.75 Å². The summed E-state index contributed by atoms with van der Waals surface area (Å²) in [5, 5.41) is 4.34. The lowest BCUT2D eigenvalue weighted by Gasteiger charge is -2.27. The molecule has 0 aliphatic carbocycles. The molecule has 0 amide bonds. The van der Waals surface area contributed by atoms with Crippen molar-refractivity contribution in [2.24, 2.45) is 0 Å². The summed E-state index contributed by atoms with van der Waals surface area (Å²) in [5.41, 5.74) is 3.93. The van der Waals surface area contributed by atoms with Gasteiger partial charge in [0.1, 0.15) is 5.75 Å². The molecule has 2 aromatic carbocycles. The average Bonchev–Trinajstić information content (AvgIpc) is 2.47. The Morgan fingerprint density at radius 1 is 1.16 bits per heavy atom. The van der Waals surface area contributed by atoms with Crippen LogP contribution in [0.5, 0.6) is 5.75 Å². The van der Waals surface area contributed by atoms with Crippen LogP contribution in [0.2, 0.25) is 5.02 Å². The van der Waals surface area contributed by atoms with Gasteiger partial charge >= 0.3 is 0 Å². The molecule has 3 rings (SSSR count). The van der Waals surface area contributed by atoms with E-state index in [1.165, 1.54) is 16.7 Å². The Balaban J connectivity index is 2.00. The lowest BCUT2D eigenvalue weighted by Crippen LogP contribution is -2.30. The number of hydrogen-bond acceptors (Lipinski definition) is 2. The number of halogens is 1. The monoisotopic (exact) mass is 273 g/mol. The Kier molecular flexibility index (Phi) is 3.45. The van der Waals surface area contributed by atoms with E-state index in [4.69, 9.17) is 16.3 Å². The van der Waals surface area contributed by atoms with Gasteiger partial charge in [-0.15, -0.1) is 0 Å². The Hall–Kier alpha value is -1.51. The van der Waals surface area contributed by atoms with E-state index in [0.29, 0.717) is 0 Å². The zero-order valence-electron chi connectivity index (χ0n) is 10.8.